The summed E-state index contributed by atoms with van der Waals surface area (Å²) in [7, 11) is 0. The van der Waals surface area contributed by atoms with Crippen molar-refractivity contribution in [2.24, 2.45) is 0 Å². The summed E-state index contributed by atoms with van der Waals surface area (Å²) in [5, 5.41) is 5.62. The van der Waals surface area contributed by atoms with Crippen LogP contribution in [-0.4, -0.2) is 56.7 Å². The Labute approximate surface area is 221 Å². The van der Waals surface area contributed by atoms with Crippen molar-refractivity contribution in [3.8, 4) is 5.69 Å². The van der Waals surface area contributed by atoms with Gasteiger partial charge >= 0.3 is 0 Å². The summed E-state index contributed by atoms with van der Waals surface area (Å²) in [5.74, 6) is 0.803. The third-order valence-electron chi connectivity index (χ3n) is 7.09. The number of anilines is 1. The molecule has 0 aliphatic carbocycles. The van der Waals surface area contributed by atoms with Crippen LogP contribution in [0.1, 0.15) is 60.9 Å². The standard InChI is InChI=1S/C29H32F2N6O/c1-4-7-19(2)26-32-27(25-20(3)34-37(28(25)33-26)24-12-10-22(30)11-13-24)35-14-6-15-36(17-16-35)29(38)21-8-5-9-23(31)18-21/h5,8-13,18-19H,4,6-7,14-17H2,1-3H3/t19-/m0/s1. The summed E-state index contributed by atoms with van der Waals surface area (Å²) in [5.41, 5.74) is 2.56. The highest BCUT2D eigenvalue weighted by atomic mass is 19.1. The molecular weight excluding hydrogens is 486 g/mol. The first kappa shape index (κ1) is 25.8. The molecule has 38 heavy (non-hydrogen) atoms. The zero-order chi connectivity index (χ0) is 26.8. The number of carbonyl (C=O) groups is 1. The van der Waals surface area contributed by atoms with E-state index < -0.39 is 5.82 Å². The zero-order valence-corrected chi connectivity index (χ0v) is 22.0. The van der Waals surface area contributed by atoms with E-state index in [1.54, 1.807) is 33.8 Å². The Hall–Kier alpha value is -3.88. The summed E-state index contributed by atoms with van der Waals surface area (Å²) in [6, 6.07) is 12.1. The van der Waals surface area contributed by atoms with Gasteiger partial charge in [-0.3, -0.25) is 4.79 Å². The highest BCUT2D eigenvalue weighted by molar-refractivity contribution is 5.94. The van der Waals surface area contributed by atoms with Crippen LogP contribution in [0.2, 0.25) is 0 Å². The largest absolute Gasteiger partial charge is 0.354 e. The first-order valence-electron chi connectivity index (χ1n) is 13.2. The molecule has 198 valence electrons. The van der Waals surface area contributed by atoms with Crippen LogP contribution in [0.3, 0.4) is 0 Å². The van der Waals surface area contributed by atoms with Crippen molar-refractivity contribution < 1.29 is 13.6 Å². The molecule has 2 aromatic heterocycles. The van der Waals surface area contributed by atoms with Gasteiger partial charge in [0.2, 0.25) is 0 Å². The Morgan fingerprint density at radius 1 is 1.00 bits per heavy atom. The van der Waals surface area contributed by atoms with Gasteiger partial charge in [-0.15, -0.1) is 0 Å². The van der Waals surface area contributed by atoms with Gasteiger partial charge in [-0.05, 0) is 62.2 Å². The molecule has 1 aliphatic heterocycles. The number of rotatable bonds is 6. The fourth-order valence-corrected chi connectivity index (χ4v) is 5.09. The van der Waals surface area contributed by atoms with Crippen molar-refractivity contribution in [2.75, 3.05) is 31.1 Å². The second-order valence-corrected chi connectivity index (χ2v) is 9.91. The molecule has 4 aromatic rings. The van der Waals surface area contributed by atoms with Gasteiger partial charge in [-0.2, -0.15) is 5.10 Å². The molecule has 0 N–H and O–H groups in total. The Balaban J connectivity index is 1.52. The van der Waals surface area contributed by atoms with Crippen molar-refractivity contribution in [2.45, 2.75) is 46.0 Å². The maximum atomic E-state index is 13.7. The van der Waals surface area contributed by atoms with Crippen LogP contribution in [0.5, 0.6) is 0 Å². The number of halogens is 2. The SMILES string of the molecule is CCC[C@H](C)c1nc(N2CCCN(C(=O)c3cccc(F)c3)CC2)c2c(C)nn(-c3ccc(F)cc3)c2n1. The average Bonchev–Trinajstić information content (AvgIpc) is 3.08. The van der Waals surface area contributed by atoms with E-state index in [0.717, 1.165) is 47.7 Å². The van der Waals surface area contributed by atoms with E-state index in [4.69, 9.17) is 15.1 Å². The minimum Gasteiger partial charge on any atom is -0.354 e. The van der Waals surface area contributed by atoms with Crippen LogP contribution in [0.15, 0.2) is 48.5 Å². The summed E-state index contributed by atoms with van der Waals surface area (Å²) in [6.45, 7) is 8.56. The maximum absolute atomic E-state index is 13.7. The van der Waals surface area contributed by atoms with Crippen LogP contribution in [0.25, 0.3) is 16.7 Å². The Morgan fingerprint density at radius 3 is 2.53 bits per heavy atom. The summed E-state index contributed by atoms with van der Waals surface area (Å²) in [6.07, 6.45) is 2.71. The molecule has 1 fully saturated rings. The molecule has 0 spiro atoms. The molecule has 7 nitrogen and oxygen atoms in total. The first-order valence-corrected chi connectivity index (χ1v) is 13.2. The number of aromatic nitrogens is 4. The smallest absolute Gasteiger partial charge is 0.254 e. The molecule has 0 saturated carbocycles. The van der Waals surface area contributed by atoms with E-state index in [1.165, 1.54) is 24.3 Å². The monoisotopic (exact) mass is 518 g/mol. The Kier molecular flexibility index (Phi) is 7.35. The topological polar surface area (TPSA) is 67.2 Å². The van der Waals surface area contributed by atoms with Crippen LogP contribution in [0, 0.1) is 18.6 Å². The summed E-state index contributed by atoms with van der Waals surface area (Å²) < 4.78 is 29.1. The van der Waals surface area contributed by atoms with E-state index in [2.05, 4.69) is 18.7 Å². The van der Waals surface area contributed by atoms with Gasteiger partial charge in [0.15, 0.2) is 5.65 Å². The average molecular weight is 519 g/mol. The van der Waals surface area contributed by atoms with Gasteiger partial charge in [0, 0.05) is 37.7 Å². The van der Waals surface area contributed by atoms with Crippen molar-refractivity contribution in [1.82, 2.24) is 24.6 Å². The fraction of sp³-hybridized carbons (Fsp3) is 0.379. The molecule has 0 bridgehead atoms. The molecule has 0 unspecified atom stereocenters. The summed E-state index contributed by atoms with van der Waals surface area (Å²) >= 11 is 0. The van der Waals surface area contributed by atoms with E-state index >= 15 is 0 Å². The molecule has 2 aromatic carbocycles. The molecule has 1 aliphatic rings. The van der Waals surface area contributed by atoms with Crippen LogP contribution < -0.4 is 4.90 Å². The molecule has 0 radical (unpaired) electrons. The quantitative estimate of drug-likeness (QED) is 0.330. The lowest BCUT2D eigenvalue weighted by atomic mass is 10.1. The highest BCUT2D eigenvalue weighted by Gasteiger charge is 2.26. The van der Waals surface area contributed by atoms with Gasteiger partial charge in [-0.25, -0.2) is 23.4 Å². The van der Waals surface area contributed by atoms with Crippen molar-refractivity contribution >= 4 is 22.8 Å². The van der Waals surface area contributed by atoms with Crippen LogP contribution >= 0.6 is 0 Å². The molecule has 1 atom stereocenters. The number of hydrogen-bond donors (Lipinski definition) is 0. The fourth-order valence-electron chi connectivity index (χ4n) is 5.09. The van der Waals surface area contributed by atoms with Crippen LogP contribution in [-0.2, 0) is 0 Å². The number of amides is 1. The predicted molar refractivity (Wildman–Crippen MR) is 144 cm³/mol. The Morgan fingerprint density at radius 2 is 1.79 bits per heavy atom. The molecule has 9 heteroatoms. The lowest BCUT2D eigenvalue weighted by molar-refractivity contribution is 0.0766. The maximum Gasteiger partial charge on any atom is 0.254 e. The van der Waals surface area contributed by atoms with Crippen molar-refractivity contribution in [3.63, 3.8) is 0 Å². The van der Waals surface area contributed by atoms with Gasteiger partial charge in [-0.1, -0.05) is 26.3 Å². The normalized spacial score (nSPS) is 15.1. The van der Waals surface area contributed by atoms with Gasteiger partial charge in [0.25, 0.3) is 5.91 Å². The first-order chi connectivity index (χ1) is 18.4. The lowest BCUT2D eigenvalue weighted by Crippen LogP contribution is -2.35. The number of aryl methyl sites for hydroxylation is 1. The third kappa shape index (κ3) is 5.10. The molecule has 3 heterocycles. The van der Waals surface area contributed by atoms with Crippen molar-refractivity contribution in [3.05, 3.63) is 77.2 Å². The van der Waals surface area contributed by atoms with Crippen molar-refractivity contribution in [1.29, 1.82) is 0 Å². The second-order valence-electron chi connectivity index (χ2n) is 9.91. The minimum absolute atomic E-state index is 0.151. The van der Waals surface area contributed by atoms with E-state index in [9.17, 15) is 13.6 Å². The molecule has 1 saturated heterocycles. The van der Waals surface area contributed by atoms with E-state index in [-0.39, 0.29) is 17.6 Å². The van der Waals surface area contributed by atoms with Gasteiger partial charge in [0.1, 0.15) is 23.3 Å². The summed E-state index contributed by atoms with van der Waals surface area (Å²) in [4.78, 5) is 27.1. The highest BCUT2D eigenvalue weighted by Crippen LogP contribution is 2.32. The molecule has 1 amide bonds. The van der Waals surface area contributed by atoms with E-state index in [1.807, 2.05) is 6.92 Å². The minimum atomic E-state index is -0.418. The zero-order valence-electron chi connectivity index (χ0n) is 22.0. The second kappa shape index (κ2) is 10.8. The predicted octanol–water partition coefficient (Wildman–Crippen LogP) is 5.66. The van der Waals surface area contributed by atoms with Gasteiger partial charge < -0.3 is 9.80 Å². The number of fused-ring (bicyclic) bond motifs is 1. The number of benzene rings is 2. The number of carbonyl (C=O) groups excluding carboxylic acids is 1. The number of nitrogens with zero attached hydrogens (tertiary/aromatic N) is 6. The molecular formula is C29H32F2N6O. The Bertz CT molecular complexity index is 1450. The van der Waals surface area contributed by atoms with Gasteiger partial charge in [0.05, 0.1) is 16.8 Å². The van der Waals surface area contributed by atoms with E-state index in [0.29, 0.717) is 37.4 Å². The van der Waals surface area contributed by atoms with Crippen LogP contribution in [0.4, 0.5) is 14.6 Å². The lowest BCUT2D eigenvalue weighted by Gasteiger charge is -2.24. The third-order valence-corrected chi connectivity index (χ3v) is 7.09. The molecule has 5 rings (SSSR count). The number of hydrogen-bond acceptors (Lipinski definition) is 5.